The Labute approximate surface area is 168 Å². The molecule has 1 aromatic rings. The molecule has 7 heteroatoms. The number of nitrogens with zero attached hydrogens (tertiary/aromatic N) is 2. The minimum absolute atomic E-state index is 0.0280. The number of hydrogen-bond acceptors (Lipinski definition) is 4. The fourth-order valence-electron chi connectivity index (χ4n) is 3.68. The number of benzene rings is 1. The molecule has 1 aliphatic rings. The maximum absolute atomic E-state index is 11.6. The topological polar surface area (TPSA) is 75.2 Å². The number of amides is 1. The monoisotopic (exact) mass is 390 g/mol. The molecule has 1 saturated heterocycles. The minimum atomic E-state index is -0.149. The Hall–Kier alpha value is -2.44. The van der Waals surface area contributed by atoms with Crippen LogP contribution >= 0.6 is 0 Å². The first-order valence-corrected chi connectivity index (χ1v) is 9.98. The van der Waals surface area contributed by atoms with Crippen molar-refractivity contribution < 1.29 is 14.3 Å². The van der Waals surface area contributed by atoms with Crippen molar-refractivity contribution >= 4 is 11.9 Å². The molecule has 0 saturated carbocycles. The lowest BCUT2D eigenvalue weighted by Gasteiger charge is -2.37. The zero-order chi connectivity index (χ0) is 20.5. The number of hydrogen-bond donors (Lipinski definition) is 2. The zero-order valence-corrected chi connectivity index (χ0v) is 17.7. The molecule has 0 radical (unpaired) electrons. The van der Waals surface area contributed by atoms with E-state index in [1.165, 1.54) is 6.42 Å². The second-order valence-electron chi connectivity index (χ2n) is 7.48. The second-order valence-corrected chi connectivity index (χ2v) is 7.48. The van der Waals surface area contributed by atoms with Crippen molar-refractivity contribution in [2.75, 3.05) is 40.4 Å². The van der Waals surface area contributed by atoms with Crippen molar-refractivity contribution in [3.63, 3.8) is 0 Å². The van der Waals surface area contributed by atoms with Crippen LogP contribution < -0.4 is 20.1 Å². The lowest BCUT2D eigenvalue weighted by Crippen LogP contribution is -2.48. The van der Waals surface area contributed by atoms with Crippen molar-refractivity contribution in [3.05, 3.63) is 23.8 Å². The van der Waals surface area contributed by atoms with Gasteiger partial charge in [-0.1, -0.05) is 19.9 Å². The van der Waals surface area contributed by atoms with Gasteiger partial charge in [-0.25, -0.2) is 0 Å². The average molecular weight is 391 g/mol. The SMILES string of the molecule is CCNC(=O)COc1ccc(CNC(=NC)N2CC(C)CC(C)C2)cc1OC. The van der Waals surface area contributed by atoms with Crippen LogP contribution in [0.15, 0.2) is 23.2 Å². The highest BCUT2D eigenvalue weighted by Crippen LogP contribution is 2.28. The van der Waals surface area contributed by atoms with Gasteiger partial charge in [-0.15, -0.1) is 0 Å². The summed E-state index contributed by atoms with van der Waals surface area (Å²) in [5.41, 5.74) is 1.06. The van der Waals surface area contributed by atoms with Crippen molar-refractivity contribution in [3.8, 4) is 11.5 Å². The summed E-state index contributed by atoms with van der Waals surface area (Å²) in [6.07, 6.45) is 1.27. The Bertz CT molecular complexity index is 668. The van der Waals surface area contributed by atoms with Crippen molar-refractivity contribution in [2.24, 2.45) is 16.8 Å². The minimum Gasteiger partial charge on any atom is -0.493 e. The van der Waals surface area contributed by atoms with E-state index in [0.717, 1.165) is 24.6 Å². The summed E-state index contributed by atoms with van der Waals surface area (Å²) in [4.78, 5) is 18.4. The van der Waals surface area contributed by atoms with Gasteiger partial charge in [0.15, 0.2) is 24.1 Å². The first-order chi connectivity index (χ1) is 13.5. The van der Waals surface area contributed by atoms with E-state index in [1.807, 2.05) is 32.2 Å². The van der Waals surface area contributed by atoms with E-state index >= 15 is 0 Å². The van der Waals surface area contributed by atoms with E-state index in [0.29, 0.717) is 36.4 Å². The molecule has 1 aromatic carbocycles. The molecule has 0 aliphatic carbocycles. The van der Waals surface area contributed by atoms with Gasteiger partial charge < -0.3 is 25.0 Å². The Balaban J connectivity index is 1.97. The molecule has 1 heterocycles. The predicted octanol–water partition coefficient (Wildman–Crippen LogP) is 2.26. The Morgan fingerprint density at radius 3 is 2.54 bits per heavy atom. The summed E-state index contributed by atoms with van der Waals surface area (Å²) in [6.45, 7) is 9.71. The Morgan fingerprint density at radius 1 is 1.21 bits per heavy atom. The van der Waals surface area contributed by atoms with E-state index in [9.17, 15) is 4.79 Å². The van der Waals surface area contributed by atoms with Crippen LogP contribution in [-0.2, 0) is 11.3 Å². The van der Waals surface area contributed by atoms with Gasteiger partial charge in [-0.3, -0.25) is 9.79 Å². The molecule has 7 nitrogen and oxygen atoms in total. The summed E-state index contributed by atoms with van der Waals surface area (Å²) in [6, 6.07) is 5.73. The van der Waals surface area contributed by atoms with Crippen LogP contribution in [0.1, 0.15) is 32.8 Å². The number of nitrogens with one attached hydrogen (secondary N) is 2. The van der Waals surface area contributed by atoms with E-state index < -0.39 is 0 Å². The van der Waals surface area contributed by atoms with Gasteiger partial charge in [-0.05, 0) is 42.9 Å². The number of likely N-dealkylation sites (tertiary alicyclic amines) is 1. The average Bonchev–Trinajstić information content (AvgIpc) is 2.66. The molecule has 0 bridgehead atoms. The third kappa shape index (κ3) is 6.32. The van der Waals surface area contributed by atoms with Gasteiger partial charge in [0.1, 0.15) is 0 Å². The smallest absolute Gasteiger partial charge is 0.257 e. The lowest BCUT2D eigenvalue weighted by atomic mass is 9.92. The van der Waals surface area contributed by atoms with Crippen molar-refractivity contribution in [2.45, 2.75) is 33.7 Å². The maximum Gasteiger partial charge on any atom is 0.257 e. The van der Waals surface area contributed by atoms with E-state index in [1.54, 1.807) is 7.11 Å². The van der Waals surface area contributed by atoms with Gasteiger partial charge in [0.05, 0.1) is 7.11 Å². The van der Waals surface area contributed by atoms with Gasteiger partial charge in [0.2, 0.25) is 0 Å². The zero-order valence-electron chi connectivity index (χ0n) is 17.7. The van der Waals surface area contributed by atoms with Crippen LogP contribution in [0.2, 0.25) is 0 Å². The number of methoxy groups -OCH3 is 1. The number of likely N-dealkylation sites (N-methyl/N-ethyl adjacent to an activating group) is 1. The summed E-state index contributed by atoms with van der Waals surface area (Å²) < 4.78 is 11.0. The molecule has 1 aliphatic heterocycles. The number of carbonyl (C=O) groups excluding carboxylic acids is 1. The van der Waals surface area contributed by atoms with Crippen LogP contribution in [0.4, 0.5) is 0 Å². The molecule has 156 valence electrons. The number of rotatable bonds is 7. The van der Waals surface area contributed by atoms with Gasteiger partial charge in [0, 0.05) is 33.2 Å². The van der Waals surface area contributed by atoms with Gasteiger partial charge in [-0.2, -0.15) is 0 Å². The summed E-state index contributed by atoms with van der Waals surface area (Å²) in [7, 11) is 3.42. The number of piperidine rings is 1. The Morgan fingerprint density at radius 2 is 1.93 bits per heavy atom. The number of ether oxygens (including phenoxy) is 2. The third-order valence-electron chi connectivity index (χ3n) is 4.79. The summed E-state index contributed by atoms with van der Waals surface area (Å²) in [5.74, 6) is 3.28. The molecule has 1 fully saturated rings. The lowest BCUT2D eigenvalue weighted by molar-refractivity contribution is -0.123. The van der Waals surface area contributed by atoms with Crippen molar-refractivity contribution in [1.82, 2.24) is 15.5 Å². The molecule has 0 spiro atoms. The van der Waals surface area contributed by atoms with E-state index in [2.05, 4.69) is 34.4 Å². The Kier molecular flexibility index (Phi) is 8.42. The largest absolute Gasteiger partial charge is 0.493 e. The van der Waals surface area contributed by atoms with E-state index in [-0.39, 0.29) is 12.5 Å². The van der Waals surface area contributed by atoms with Gasteiger partial charge >= 0.3 is 0 Å². The maximum atomic E-state index is 11.6. The highest BCUT2D eigenvalue weighted by molar-refractivity contribution is 5.80. The first kappa shape index (κ1) is 21.9. The summed E-state index contributed by atoms with van der Waals surface area (Å²) >= 11 is 0. The molecular weight excluding hydrogens is 356 g/mol. The molecule has 2 rings (SSSR count). The molecule has 1 amide bonds. The number of guanidine groups is 1. The highest BCUT2D eigenvalue weighted by atomic mass is 16.5. The second kappa shape index (κ2) is 10.8. The predicted molar refractivity (Wildman–Crippen MR) is 112 cm³/mol. The third-order valence-corrected chi connectivity index (χ3v) is 4.79. The molecule has 0 aromatic heterocycles. The standard InChI is InChI=1S/C21H34N4O3/c1-6-23-20(26)14-28-18-8-7-17(10-19(18)27-5)11-24-21(22-4)25-12-15(2)9-16(3)13-25/h7-8,10,15-16H,6,9,11-14H2,1-5H3,(H,22,24)(H,23,26). The van der Waals surface area contributed by atoms with Crippen LogP contribution in [0.5, 0.6) is 11.5 Å². The molecule has 28 heavy (non-hydrogen) atoms. The highest BCUT2D eigenvalue weighted by Gasteiger charge is 2.24. The summed E-state index contributed by atoms with van der Waals surface area (Å²) in [5, 5.41) is 6.16. The quantitative estimate of drug-likeness (QED) is 0.552. The number of carbonyl (C=O) groups is 1. The van der Waals surface area contributed by atoms with Gasteiger partial charge in [0.25, 0.3) is 5.91 Å². The van der Waals surface area contributed by atoms with E-state index in [4.69, 9.17) is 9.47 Å². The van der Waals surface area contributed by atoms with Crippen molar-refractivity contribution in [1.29, 1.82) is 0 Å². The van der Waals surface area contributed by atoms with Crippen LogP contribution in [0.3, 0.4) is 0 Å². The normalized spacial score (nSPS) is 19.9. The van der Waals surface area contributed by atoms with Crippen LogP contribution in [0, 0.1) is 11.8 Å². The number of aliphatic imine (C=N–C) groups is 1. The molecule has 2 unspecified atom stereocenters. The molecule has 2 N–H and O–H groups in total. The first-order valence-electron chi connectivity index (χ1n) is 9.98. The molecular formula is C21H34N4O3. The fraction of sp³-hybridized carbons (Fsp3) is 0.619. The van der Waals surface area contributed by atoms with Crippen LogP contribution in [0.25, 0.3) is 0 Å². The van der Waals surface area contributed by atoms with Crippen LogP contribution in [-0.4, -0.2) is 57.2 Å². The fourth-order valence-corrected chi connectivity index (χ4v) is 3.68. The molecule has 2 atom stereocenters.